The van der Waals surface area contributed by atoms with Gasteiger partial charge in [0.1, 0.15) is 0 Å². The highest BCUT2D eigenvalue weighted by Crippen LogP contribution is 2.19. The van der Waals surface area contributed by atoms with Crippen LogP contribution in [0.5, 0.6) is 0 Å². The van der Waals surface area contributed by atoms with Crippen molar-refractivity contribution in [3.63, 3.8) is 0 Å². The van der Waals surface area contributed by atoms with E-state index in [0.29, 0.717) is 18.0 Å². The zero-order valence-electron chi connectivity index (χ0n) is 12.7. The maximum Gasteiger partial charge on any atom is 0.239 e. The molecule has 2 aliphatic heterocycles. The van der Waals surface area contributed by atoms with Crippen LogP contribution in [0.15, 0.2) is 0 Å². The Hall–Kier alpha value is -0.610. The Balaban J connectivity index is 1.83. The Kier molecular flexibility index (Phi) is 5.22. The highest BCUT2D eigenvalue weighted by molar-refractivity contribution is 5.82. The minimum absolute atomic E-state index is 0.0712. The van der Waals surface area contributed by atoms with E-state index in [-0.39, 0.29) is 6.04 Å². The van der Waals surface area contributed by atoms with E-state index in [1.807, 2.05) is 11.9 Å². The maximum absolute atomic E-state index is 12.5. The third-order valence-electron chi connectivity index (χ3n) is 4.73. The third-order valence-corrected chi connectivity index (χ3v) is 4.73. The van der Waals surface area contributed by atoms with Crippen molar-refractivity contribution in [1.29, 1.82) is 0 Å². The van der Waals surface area contributed by atoms with Crippen LogP contribution in [0.2, 0.25) is 0 Å². The second-order valence-electron chi connectivity index (χ2n) is 6.31. The second kappa shape index (κ2) is 6.71. The molecule has 1 amide bonds. The van der Waals surface area contributed by atoms with Gasteiger partial charge in [0.25, 0.3) is 0 Å². The third kappa shape index (κ3) is 3.69. The van der Waals surface area contributed by atoms with Gasteiger partial charge < -0.3 is 15.1 Å². The standard InChI is InChI=1S/C15H29N3O/c1-12(2)18-10-7-13(8-11-18)17(3)15(19)14-6-4-5-9-16-14/h12-14,16H,4-11H2,1-3H3/t14-/m0/s1. The molecular formula is C15H29N3O. The molecule has 2 heterocycles. The maximum atomic E-state index is 12.5. The monoisotopic (exact) mass is 267 g/mol. The molecule has 0 bridgehead atoms. The Labute approximate surface area is 117 Å². The molecule has 0 unspecified atom stereocenters. The molecule has 0 aromatic carbocycles. The molecule has 2 rings (SSSR count). The van der Waals surface area contributed by atoms with Crippen LogP contribution >= 0.6 is 0 Å². The van der Waals surface area contributed by atoms with Crippen LogP contribution < -0.4 is 5.32 Å². The van der Waals surface area contributed by atoms with Crippen LogP contribution in [0.4, 0.5) is 0 Å². The number of likely N-dealkylation sites (N-methyl/N-ethyl adjacent to an activating group) is 1. The number of nitrogens with zero attached hydrogens (tertiary/aromatic N) is 2. The number of piperidine rings is 2. The summed E-state index contributed by atoms with van der Waals surface area (Å²) in [5, 5.41) is 3.36. The van der Waals surface area contributed by atoms with Crippen molar-refractivity contribution >= 4 is 5.91 Å². The van der Waals surface area contributed by atoms with E-state index < -0.39 is 0 Å². The largest absolute Gasteiger partial charge is 0.341 e. The van der Waals surface area contributed by atoms with E-state index in [4.69, 9.17) is 0 Å². The molecule has 110 valence electrons. The number of rotatable bonds is 3. The van der Waals surface area contributed by atoms with Gasteiger partial charge in [-0.2, -0.15) is 0 Å². The molecule has 1 atom stereocenters. The van der Waals surface area contributed by atoms with Gasteiger partial charge in [-0.1, -0.05) is 6.42 Å². The SMILES string of the molecule is CC(C)N1CCC(N(C)C(=O)[C@@H]2CCCCN2)CC1. The normalized spacial score (nSPS) is 26.6. The van der Waals surface area contributed by atoms with E-state index in [1.54, 1.807) is 0 Å². The average molecular weight is 267 g/mol. The first-order valence-corrected chi connectivity index (χ1v) is 7.83. The quantitative estimate of drug-likeness (QED) is 0.841. The first kappa shape index (κ1) is 14.8. The van der Waals surface area contributed by atoms with Crippen molar-refractivity contribution in [3.8, 4) is 0 Å². The molecule has 0 radical (unpaired) electrons. The second-order valence-corrected chi connectivity index (χ2v) is 6.31. The Bertz CT molecular complexity index is 292. The van der Waals surface area contributed by atoms with Crippen LogP contribution in [0.25, 0.3) is 0 Å². The lowest BCUT2D eigenvalue weighted by Gasteiger charge is -2.40. The molecule has 0 saturated carbocycles. The molecule has 2 saturated heterocycles. The molecule has 0 aliphatic carbocycles. The summed E-state index contributed by atoms with van der Waals surface area (Å²) in [4.78, 5) is 17.0. The van der Waals surface area contributed by atoms with Crippen molar-refractivity contribution in [2.45, 2.75) is 64.1 Å². The van der Waals surface area contributed by atoms with Gasteiger partial charge in [0.15, 0.2) is 0 Å². The van der Waals surface area contributed by atoms with Crippen LogP contribution in [0, 0.1) is 0 Å². The number of hydrogen-bond acceptors (Lipinski definition) is 3. The Morgan fingerprint density at radius 3 is 2.42 bits per heavy atom. The summed E-state index contributed by atoms with van der Waals surface area (Å²) >= 11 is 0. The van der Waals surface area contributed by atoms with Crippen molar-refractivity contribution in [1.82, 2.24) is 15.1 Å². The summed E-state index contributed by atoms with van der Waals surface area (Å²) in [7, 11) is 1.99. The number of hydrogen-bond donors (Lipinski definition) is 1. The van der Waals surface area contributed by atoms with Crippen LogP contribution in [-0.2, 0) is 4.79 Å². The van der Waals surface area contributed by atoms with Gasteiger partial charge in [0.05, 0.1) is 6.04 Å². The molecular weight excluding hydrogens is 238 g/mol. The fourth-order valence-electron chi connectivity index (χ4n) is 3.28. The molecule has 2 fully saturated rings. The summed E-state index contributed by atoms with van der Waals surface area (Å²) in [6.07, 6.45) is 5.64. The molecule has 4 nitrogen and oxygen atoms in total. The van der Waals surface area contributed by atoms with Crippen molar-refractivity contribution in [2.24, 2.45) is 0 Å². The van der Waals surface area contributed by atoms with Gasteiger partial charge in [-0.3, -0.25) is 4.79 Å². The first-order valence-electron chi connectivity index (χ1n) is 7.83. The van der Waals surface area contributed by atoms with Crippen LogP contribution in [-0.4, -0.2) is 60.5 Å². The van der Waals surface area contributed by atoms with Crippen molar-refractivity contribution in [2.75, 3.05) is 26.7 Å². The number of carbonyl (C=O) groups excluding carboxylic acids is 1. The Morgan fingerprint density at radius 2 is 1.89 bits per heavy atom. The van der Waals surface area contributed by atoms with E-state index in [0.717, 1.165) is 38.9 Å². The summed E-state index contributed by atoms with van der Waals surface area (Å²) in [6.45, 7) is 7.74. The minimum Gasteiger partial charge on any atom is -0.341 e. The van der Waals surface area contributed by atoms with Gasteiger partial charge in [-0.15, -0.1) is 0 Å². The lowest BCUT2D eigenvalue weighted by Crippen LogP contribution is -2.53. The predicted octanol–water partition coefficient (Wildman–Crippen LogP) is 1.46. The molecule has 19 heavy (non-hydrogen) atoms. The van der Waals surface area contributed by atoms with Crippen LogP contribution in [0.3, 0.4) is 0 Å². The molecule has 4 heteroatoms. The lowest BCUT2D eigenvalue weighted by atomic mass is 9.99. The van der Waals surface area contributed by atoms with Gasteiger partial charge in [0.2, 0.25) is 5.91 Å². The first-order chi connectivity index (χ1) is 9.09. The topological polar surface area (TPSA) is 35.6 Å². The Morgan fingerprint density at radius 1 is 1.21 bits per heavy atom. The minimum atomic E-state index is 0.0712. The predicted molar refractivity (Wildman–Crippen MR) is 78.1 cm³/mol. The van der Waals surface area contributed by atoms with Gasteiger partial charge in [-0.25, -0.2) is 0 Å². The van der Waals surface area contributed by atoms with Crippen molar-refractivity contribution < 1.29 is 4.79 Å². The fourth-order valence-corrected chi connectivity index (χ4v) is 3.28. The van der Waals surface area contributed by atoms with Gasteiger partial charge >= 0.3 is 0 Å². The molecule has 1 N–H and O–H groups in total. The van der Waals surface area contributed by atoms with Gasteiger partial charge in [-0.05, 0) is 46.1 Å². The van der Waals surface area contributed by atoms with E-state index in [1.165, 1.54) is 12.8 Å². The van der Waals surface area contributed by atoms with E-state index in [9.17, 15) is 4.79 Å². The van der Waals surface area contributed by atoms with E-state index >= 15 is 0 Å². The smallest absolute Gasteiger partial charge is 0.239 e. The van der Waals surface area contributed by atoms with Gasteiger partial charge in [0, 0.05) is 32.2 Å². The number of carbonyl (C=O) groups is 1. The molecule has 0 aromatic heterocycles. The highest BCUT2D eigenvalue weighted by atomic mass is 16.2. The van der Waals surface area contributed by atoms with E-state index in [2.05, 4.69) is 24.1 Å². The fraction of sp³-hybridized carbons (Fsp3) is 0.933. The molecule has 2 aliphatic rings. The zero-order chi connectivity index (χ0) is 13.8. The highest BCUT2D eigenvalue weighted by Gasteiger charge is 2.30. The summed E-state index contributed by atoms with van der Waals surface area (Å²) in [5.74, 6) is 0.308. The summed E-state index contributed by atoms with van der Waals surface area (Å²) in [5.41, 5.74) is 0. The zero-order valence-corrected chi connectivity index (χ0v) is 12.7. The molecule has 0 aromatic rings. The number of nitrogens with one attached hydrogen (secondary N) is 1. The number of amides is 1. The van der Waals surface area contributed by atoms with Crippen LogP contribution in [0.1, 0.15) is 46.0 Å². The summed E-state index contributed by atoms with van der Waals surface area (Å²) < 4.78 is 0. The average Bonchev–Trinajstić information content (AvgIpc) is 2.46. The number of likely N-dealkylation sites (tertiary alicyclic amines) is 1. The van der Waals surface area contributed by atoms with Crippen molar-refractivity contribution in [3.05, 3.63) is 0 Å². The lowest BCUT2D eigenvalue weighted by molar-refractivity contribution is -0.135. The summed E-state index contributed by atoms with van der Waals surface area (Å²) in [6, 6.07) is 1.13. The molecule has 0 spiro atoms.